The first-order chi connectivity index (χ1) is 28.6. The highest BCUT2D eigenvalue weighted by Crippen LogP contribution is 2.43. The van der Waals surface area contributed by atoms with Crippen LogP contribution in [0.3, 0.4) is 0 Å². The summed E-state index contributed by atoms with van der Waals surface area (Å²) in [7, 11) is -6.31. The zero-order valence-corrected chi connectivity index (χ0v) is 34.4. The van der Waals surface area contributed by atoms with E-state index in [2.05, 4.69) is 9.28 Å². The molecule has 1 aromatic heterocycles. The van der Waals surface area contributed by atoms with Crippen LogP contribution in [0.5, 0.6) is 5.88 Å². The fraction of sp³-hybridized carbons (Fsp3) is 0.357. The van der Waals surface area contributed by atoms with Gasteiger partial charge >= 0.3 is 27.8 Å². The number of hydrogen-bond donors (Lipinski definition) is 0. The van der Waals surface area contributed by atoms with Gasteiger partial charge in [0.2, 0.25) is 0 Å². The van der Waals surface area contributed by atoms with Gasteiger partial charge in [-0.05, 0) is 82.3 Å². The summed E-state index contributed by atoms with van der Waals surface area (Å²) >= 11 is 0. The molecule has 2 fully saturated rings. The van der Waals surface area contributed by atoms with Crippen molar-refractivity contribution < 1.29 is 54.5 Å². The molecule has 0 radical (unpaired) electrons. The Morgan fingerprint density at radius 2 is 1.43 bits per heavy atom. The van der Waals surface area contributed by atoms with E-state index in [0.717, 1.165) is 11.1 Å². The number of nitro groups is 1. The number of nitrogens with zero attached hydrogens (tertiary/aromatic N) is 5. The number of carbonyl (C=O) groups excluding carboxylic acids is 2. The van der Waals surface area contributed by atoms with Gasteiger partial charge in [0.15, 0.2) is 5.79 Å². The first-order valence-corrected chi connectivity index (χ1v) is 20.6. The van der Waals surface area contributed by atoms with Crippen molar-refractivity contribution in [3.63, 3.8) is 0 Å². The lowest BCUT2D eigenvalue weighted by atomic mass is 9.90. The van der Waals surface area contributed by atoms with Crippen LogP contribution in [0.15, 0.2) is 103 Å². The molecule has 2 aliphatic rings. The van der Waals surface area contributed by atoms with E-state index >= 15 is 4.79 Å². The molecule has 0 N–H and O–H groups in total. The van der Waals surface area contributed by atoms with Crippen molar-refractivity contribution in [1.29, 1.82) is 0 Å². The number of benzene rings is 4. The minimum absolute atomic E-state index is 0.0351. The molecule has 0 bridgehead atoms. The fourth-order valence-corrected chi connectivity index (χ4v) is 8.07. The fourth-order valence-electron chi connectivity index (χ4n) is 7.64. The molecule has 7 rings (SSSR count). The summed E-state index contributed by atoms with van der Waals surface area (Å²) in [5.41, 5.74) is -5.28. The van der Waals surface area contributed by atoms with Crippen LogP contribution < -0.4 is 9.08 Å². The average Bonchev–Trinajstić information content (AvgIpc) is 3.69. The summed E-state index contributed by atoms with van der Waals surface area (Å²) in [6.45, 7) is 7.96. The second-order valence-electron chi connectivity index (χ2n) is 16.2. The van der Waals surface area contributed by atoms with E-state index in [9.17, 15) is 36.5 Å². The number of nitro benzene ring substituents is 1. The molecular formula is C42H42F3N5O10S. The number of alkyl halides is 3. The van der Waals surface area contributed by atoms with Crippen LogP contribution in [0.1, 0.15) is 51.3 Å². The van der Waals surface area contributed by atoms with E-state index in [-0.39, 0.29) is 41.7 Å². The first kappa shape index (κ1) is 43.1. The summed E-state index contributed by atoms with van der Waals surface area (Å²) < 4.78 is 90.0. The van der Waals surface area contributed by atoms with Crippen molar-refractivity contribution in [2.75, 3.05) is 4.90 Å². The summed E-state index contributed by atoms with van der Waals surface area (Å²) in [6, 6.07) is 26.0. The van der Waals surface area contributed by atoms with Crippen molar-refractivity contribution >= 4 is 44.5 Å². The standard InChI is InChI=1S/C42H42F3N5O10S/c1-40(2,3)59-39(52)49-32-20-19-29(24-31(32)37(46-49)60-61(55,56)42(43,44)45)48-34(23-27-15-10-7-11-16-27)36-35(57-41(4,5)58-36)33(22-26-13-8-6-9-14-26)47(38(48)51)25-28-17-12-18-30(21-28)50(53)54/h6-21,24,33-36H,22-23,25H2,1-5H3/t33-,34-,35+,36+/m1/s1. The Bertz CT molecular complexity index is 2570. The van der Waals surface area contributed by atoms with Crippen molar-refractivity contribution in [3.8, 4) is 5.88 Å². The van der Waals surface area contributed by atoms with E-state index in [1.165, 1.54) is 46.2 Å². The molecule has 0 aliphatic carbocycles. The highest BCUT2D eigenvalue weighted by Gasteiger charge is 2.56. The molecule has 0 unspecified atom stereocenters. The molecule has 4 atom stereocenters. The molecule has 0 spiro atoms. The number of non-ortho nitro benzene ring substituents is 1. The Morgan fingerprint density at radius 1 is 0.852 bits per heavy atom. The van der Waals surface area contributed by atoms with Gasteiger partial charge < -0.3 is 23.3 Å². The maximum absolute atomic E-state index is 15.7. The number of ether oxygens (including phenoxy) is 3. The quantitative estimate of drug-likeness (QED) is 0.0574. The molecule has 4 aromatic carbocycles. The summed E-state index contributed by atoms with van der Waals surface area (Å²) in [4.78, 5) is 43.2. The van der Waals surface area contributed by atoms with Crippen molar-refractivity contribution in [1.82, 2.24) is 14.7 Å². The smallest absolute Gasteiger partial charge is 0.442 e. The monoisotopic (exact) mass is 865 g/mol. The lowest BCUT2D eigenvalue weighted by Gasteiger charge is -2.37. The molecule has 61 heavy (non-hydrogen) atoms. The Kier molecular flexibility index (Phi) is 11.4. The van der Waals surface area contributed by atoms with Gasteiger partial charge in [0.1, 0.15) is 17.8 Å². The molecule has 15 nitrogen and oxygen atoms in total. The van der Waals surface area contributed by atoms with Gasteiger partial charge in [0.25, 0.3) is 11.6 Å². The number of hydrogen-bond acceptors (Lipinski definition) is 11. The Morgan fingerprint density at radius 3 is 2.00 bits per heavy atom. The SMILES string of the molecule is CC(C)(C)OC(=O)n1nc(OS(=O)(=O)C(F)(F)F)c2cc(N3C(=O)N(Cc4cccc([N+](=O)[O-])c4)[C@H](Cc4ccccc4)[C@@H]4OC(C)(C)O[C@H]4[C@H]3Cc3ccccc3)ccc21. The number of halogens is 3. The molecule has 2 saturated heterocycles. The van der Waals surface area contributed by atoms with E-state index in [1.807, 2.05) is 60.7 Å². The van der Waals surface area contributed by atoms with Gasteiger partial charge in [-0.15, -0.1) is 5.10 Å². The molecule has 322 valence electrons. The average molecular weight is 866 g/mol. The van der Waals surface area contributed by atoms with Gasteiger partial charge in [0.05, 0.1) is 27.9 Å². The normalized spacial score (nSPS) is 20.6. The first-order valence-electron chi connectivity index (χ1n) is 19.1. The second kappa shape index (κ2) is 16.1. The van der Waals surface area contributed by atoms with Crippen molar-refractivity contribution in [2.45, 2.75) is 95.2 Å². The van der Waals surface area contributed by atoms with Crippen LogP contribution in [0.25, 0.3) is 10.9 Å². The predicted octanol–water partition coefficient (Wildman–Crippen LogP) is 8.14. The summed E-state index contributed by atoms with van der Waals surface area (Å²) in [6.07, 6.45) is -2.42. The van der Waals surface area contributed by atoms with Crippen molar-refractivity contribution in [2.24, 2.45) is 0 Å². The number of rotatable bonds is 10. The van der Waals surface area contributed by atoms with Gasteiger partial charge in [-0.2, -0.15) is 26.3 Å². The molecule has 19 heteroatoms. The van der Waals surface area contributed by atoms with Gasteiger partial charge in [-0.1, -0.05) is 72.8 Å². The van der Waals surface area contributed by atoms with Gasteiger partial charge in [0, 0.05) is 24.4 Å². The number of carbonyl (C=O) groups is 2. The van der Waals surface area contributed by atoms with Crippen LogP contribution >= 0.6 is 0 Å². The van der Waals surface area contributed by atoms with Gasteiger partial charge in [-0.3, -0.25) is 15.0 Å². The lowest BCUT2D eigenvalue weighted by molar-refractivity contribution is -0.384. The minimum atomic E-state index is -6.31. The maximum atomic E-state index is 15.7. The molecule has 3 heterocycles. The number of fused-ring (bicyclic) bond motifs is 2. The molecule has 5 aromatic rings. The topological polar surface area (TPSA) is 173 Å². The molecule has 2 amide bonds. The molecule has 2 aliphatic heterocycles. The zero-order valence-electron chi connectivity index (χ0n) is 33.6. The number of anilines is 1. The van der Waals surface area contributed by atoms with Crippen LogP contribution in [0, 0.1) is 10.1 Å². The Hall–Kier alpha value is -6.05. The minimum Gasteiger partial charge on any atom is -0.442 e. The zero-order chi connectivity index (χ0) is 44.1. The second-order valence-corrected chi connectivity index (χ2v) is 17.7. The highest BCUT2D eigenvalue weighted by atomic mass is 32.2. The number of amides is 2. The maximum Gasteiger partial charge on any atom is 0.534 e. The Labute approximate surface area is 348 Å². The highest BCUT2D eigenvalue weighted by molar-refractivity contribution is 7.88. The largest absolute Gasteiger partial charge is 0.534 e. The van der Waals surface area contributed by atoms with Crippen LogP contribution in [-0.4, -0.2) is 81.3 Å². The van der Waals surface area contributed by atoms with Crippen LogP contribution in [-0.2, 0) is 43.7 Å². The van der Waals surface area contributed by atoms with E-state index in [0.29, 0.717) is 10.2 Å². The molecular weight excluding hydrogens is 824 g/mol. The third-order valence-corrected chi connectivity index (χ3v) is 11.0. The third-order valence-electron chi connectivity index (χ3n) is 10.1. The van der Waals surface area contributed by atoms with Crippen LogP contribution in [0.2, 0.25) is 0 Å². The predicted molar refractivity (Wildman–Crippen MR) is 215 cm³/mol. The lowest BCUT2D eigenvalue weighted by Crippen LogP contribution is -2.52. The van der Waals surface area contributed by atoms with Crippen LogP contribution in [0.4, 0.5) is 34.1 Å². The van der Waals surface area contributed by atoms with E-state index in [4.69, 9.17) is 14.2 Å². The van der Waals surface area contributed by atoms with Gasteiger partial charge in [-0.25, -0.2) is 9.59 Å². The third kappa shape index (κ3) is 9.18. The van der Waals surface area contributed by atoms with E-state index < -0.39 is 74.2 Å². The summed E-state index contributed by atoms with van der Waals surface area (Å²) in [5, 5.41) is 15.3. The molecule has 0 saturated carbocycles. The van der Waals surface area contributed by atoms with E-state index in [1.54, 1.807) is 40.7 Å². The number of urea groups is 1. The summed E-state index contributed by atoms with van der Waals surface area (Å²) in [5.74, 6) is -2.29. The van der Waals surface area contributed by atoms with Crippen molar-refractivity contribution in [3.05, 3.63) is 130 Å². The Balaban J connectivity index is 1.46. The number of aromatic nitrogens is 2.